The van der Waals surface area contributed by atoms with Crippen molar-refractivity contribution < 1.29 is 19.0 Å². The minimum absolute atomic E-state index is 0.203. The van der Waals surface area contributed by atoms with E-state index in [9.17, 15) is 4.79 Å². The predicted molar refractivity (Wildman–Crippen MR) is 158 cm³/mol. The van der Waals surface area contributed by atoms with Gasteiger partial charge in [-0.2, -0.15) is 0 Å². The van der Waals surface area contributed by atoms with Crippen molar-refractivity contribution in [1.82, 2.24) is 4.90 Å². The fourth-order valence-corrected chi connectivity index (χ4v) is 5.11. The molecule has 0 unspecified atom stereocenters. The summed E-state index contributed by atoms with van der Waals surface area (Å²) in [7, 11) is 1.69. The summed E-state index contributed by atoms with van der Waals surface area (Å²) in [5.41, 5.74) is 5.77. The summed E-state index contributed by atoms with van der Waals surface area (Å²) in [6.45, 7) is 8.18. The molecule has 1 aliphatic heterocycles. The summed E-state index contributed by atoms with van der Waals surface area (Å²) in [4.78, 5) is 14.4. The van der Waals surface area contributed by atoms with E-state index in [-0.39, 0.29) is 5.97 Å². The molecule has 1 fully saturated rings. The van der Waals surface area contributed by atoms with Crippen LogP contribution in [0.25, 0.3) is 5.57 Å². The molecule has 0 atom stereocenters. The molecule has 0 amide bonds. The average molecular weight is 528 g/mol. The van der Waals surface area contributed by atoms with Gasteiger partial charge in [0.05, 0.1) is 7.11 Å². The van der Waals surface area contributed by atoms with Gasteiger partial charge in [-0.05, 0) is 104 Å². The quantitative estimate of drug-likeness (QED) is 0.182. The number of rotatable bonds is 12. The number of piperidine rings is 1. The van der Waals surface area contributed by atoms with E-state index in [0.29, 0.717) is 18.8 Å². The van der Waals surface area contributed by atoms with Crippen molar-refractivity contribution in [2.45, 2.75) is 52.4 Å². The number of ether oxygens (including phenoxy) is 3. The first-order valence-electron chi connectivity index (χ1n) is 14.1. The third-order valence-corrected chi connectivity index (χ3v) is 7.13. The Bertz CT molecular complexity index is 1220. The standard InChI is InChI=1S/C34H41NO4/c1-4-9-33(36)39-31-18-14-29(15-19-31)34(26(2)24-27-10-8-11-32(25-27)37-3)28-12-16-30(17-13-28)38-23-22-35-20-6-5-7-21-35/h8,10-19,25H,4-7,9,20-24H2,1-3H3/b34-26-. The normalized spacial score (nSPS) is 14.4. The van der Waals surface area contributed by atoms with Crippen LogP contribution in [-0.2, 0) is 11.2 Å². The number of carbonyl (C=O) groups excluding carboxylic acids is 1. The van der Waals surface area contributed by atoms with Crippen molar-refractivity contribution in [3.63, 3.8) is 0 Å². The maximum absolute atomic E-state index is 12.0. The number of carbonyl (C=O) groups is 1. The van der Waals surface area contributed by atoms with E-state index in [4.69, 9.17) is 14.2 Å². The highest BCUT2D eigenvalue weighted by molar-refractivity contribution is 5.83. The number of esters is 1. The maximum atomic E-state index is 12.0. The van der Waals surface area contributed by atoms with Crippen LogP contribution in [0.5, 0.6) is 17.2 Å². The minimum atomic E-state index is -0.203. The molecule has 5 heteroatoms. The lowest BCUT2D eigenvalue weighted by Gasteiger charge is -2.26. The van der Waals surface area contributed by atoms with Crippen molar-refractivity contribution in [3.05, 3.63) is 95.1 Å². The Hall–Kier alpha value is -3.57. The number of likely N-dealkylation sites (tertiary alicyclic amines) is 1. The van der Waals surface area contributed by atoms with Crippen LogP contribution in [0.4, 0.5) is 0 Å². The van der Waals surface area contributed by atoms with Gasteiger partial charge in [-0.3, -0.25) is 9.69 Å². The third-order valence-electron chi connectivity index (χ3n) is 7.13. The Balaban J connectivity index is 1.55. The number of benzene rings is 3. The monoisotopic (exact) mass is 527 g/mol. The summed E-state index contributed by atoms with van der Waals surface area (Å²) in [5.74, 6) is 2.11. The average Bonchev–Trinajstić information content (AvgIpc) is 2.96. The highest BCUT2D eigenvalue weighted by Gasteiger charge is 2.13. The number of nitrogens with zero attached hydrogens (tertiary/aromatic N) is 1. The van der Waals surface area contributed by atoms with Crippen LogP contribution in [0.1, 0.15) is 62.6 Å². The van der Waals surface area contributed by atoms with E-state index in [1.807, 2.05) is 43.3 Å². The Morgan fingerprint density at radius 2 is 1.51 bits per heavy atom. The molecule has 5 nitrogen and oxygen atoms in total. The van der Waals surface area contributed by atoms with Crippen LogP contribution in [0, 0.1) is 0 Å². The molecule has 0 radical (unpaired) electrons. The van der Waals surface area contributed by atoms with Gasteiger partial charge in [0, 0.05) is 13.0 Å². The molecule has 39 heavy (non-hydrogen) atoms. The van der Waals surface area contributed by atoms with E-state index in [1.54, 1.807) is 7.11 Å². The first kappa shape index (κ1) is 28.4. The first-order chi connectivity index (χ1) is 19.1. The van der Waals surface area contributed by atoms with Crippen LogP contribution in [0.2, 0.25) is 0 Å². The molecule has 0 N–H and O–H groups in total. The fraction of sp³-hybridized carbons (Fsp3) is 0.382. The van der Waals surface area contributed by atoms with Gasteiger partial charge in [0.1, 0.15) is 23.9 Å². The number of methoxy groups -OCH3 is 1. The van der Waals surface area contributed by atoms with Gasteiger partial charge in [-0.15, -0.1) is 0 Å². The van der Waals surface area contributed by atoms with Gasteiger partial charge < -0.3 is 14.2 Å². The van der Waals surface area contributed by atoms with Crippen LogP contribution in [0.15, 0.2) is 78.4 Å². The molecule has 3 aromatic carbocycles. The lowest BCUT2D eigenvalue weighted by Crippen LogP contribution is -2.33. The molecule has 1 heterocycles. The van der Waals surface area contributed by atoms with Gasteiger partial charge in [0.25, 0.3) is 0 Å². The SMILES string of the molecule is CCCC(=O)Oc1ccc(/C(=C(/C)Cc2cccc(OC)c2)c2ccc(OCCN3CCCCC3)cc2)cc1. The van der Waals surface area contributed by atoms with E-state index in [0.717, 1.165) is 47.6 Å². The number of allylic oxidation sites excluding steroid dienone is 1. The molecule has 1 aliphatic rings. The zero-order chi connectivity index (χ0) is 27.5. The highest BCUT2D eigenvalue weighted by atomic mass is 16.5. The lowest BCUT2D eigenvalue weighted by molar-refractivity contribution is -0.134. The number of hydrogen-bond acceptors (Lipinski definition) is 5. The smallest absolute Gasteiger partial charge is 0.311 e. The van der Waals surface area contributed by atoms with E-state index in [1.165, 1.54) is 43.5 Å². The fourth-order valence-electron chi connectivity index (χ4n) is 5.11. The lowest BCUT2D eigenvalue weighted by atomic mass is 9.90. The second-order valence-corrected chi connectivity index (χ2v) is 10.2. The van der Waals surface area contributed by atoms with Crippen molar-refractivity contribution in [1.29, 1.82) is 0 Å². The molecule has 0 aromatic heterocycles. The summed E-state index contributed by atoms with van der Waals surface area (Å²) in [6, 6.07) is 24.4. The van der Waals surface area contributed by atoms with Gasteiger partial charge in [-0.1, -0.05) is 55.3 Å². The molecule has 0 bridgehead atoms. The molecule has 0 saturated carbocycles. The zero-order valence-corrected chi connectivity index (χ0v) is 23.6. The molecule has 0 spiro atoms. The molecular weight excluding hydrogens is 486 g/mol. The summed E-state index contributed by atoms with van der Waals surface area (Å²) in [5, 5.41) is 0. The Morgan fingerprint density at radius 3 is 2.15 bits per heavy atom. The second-order valence-electron chi connectivity index (χ2n) is 10.2. The van der Waals surface area contributed by atoms with Crippen molar-refractivity contribution in [3.8, 4) is 17.2 Å². The number of hydrogen-bond donors (Lipinski definition) is 0. The summed E-state index contributed by atoms with van der Waals surface area (Å²) in [6.07, 6.45) is 5.90. The second kappa shape index (κ2) is 14.5. The minimum Gasteiger partial charge on any atom is -0.497 e. The van der Waals surface area contributed by atoms with E-state index < -0.39 is 0 Å². The Morgan fingerprint density at radius 1 is 0.846 bits per heavy atom. The third kappa shape index (κ3) is 8.46. The van der Waals surface area contributed by atoms with Crippen molar-refractivity contribution >= 4 is 11.5 Å². The van der Waals surface area contributed by atoms with Gasteiger partial charge in [0.2, 0.25) is 0 Å². The molecule has 4 rings (SSSR count). The van der Waals surface area contributed by atoms with Crippen LogP contribution in [-0.4, -0.2) is 44.2 Å². The maximum Gasteiger partial charge on any atom is 0.311 e. The molecule has 3 aromatic rings. The molecule has 1 saturated heterocycles. The van der Waals surface area contributed by atoms with Gasteiger partial charge in [0.15, 0.2) is 0 Å². The van der Waals surface area contributed by atoms with Crippen molar-refractivity contribution in [2.24, 2.45) is 0 Å². The largest absolute Gasteiger partial charge is 0.497 e. The predicted octanol–water partition coefficient (Wildman–Crippen LogP) is 7.33. The van der Waals surface area contributed by atoms with Gasteiger partial charge >= 0.3 is 5.97 Å². The zero-order valence-electron chi connectivity index (χ0n) is 23.6. The summed E-state index contributed by atoms with van der Waals surface area (Å²) < 4.78 is 17.0. The molecule has 0 aliphatic carbocycles. The molecular formula is C34H41NO4. The van der Waals surface area contributed by atoms with Crippen LogP contribution >= 0.6 is 0 Å². The highest BCUT2D eigenvalue weighted by Crippen LogP contribution is 2.31. The Labute approximate surface area is 233 Å². The van der Waals surface area contributed by atoms with Crippen LogP contribution < -0.4 is 14.2 Å². The molecule has 206 valence electrons. The topological polar surface area (TPSA) is 48.0 Å². The van der Waals surface area contributed by atoms with E-state index in [2.05, 4.69) is 48.2 Å². The van der Waals surface area contributed by atoms with Gasteiger partial charge in [-0.25, -0.2) is 0 Å². The van der Waals surface area contributed by atoms with Crippen LogP contribution in [0.3, 0.4) is 0 Å². The first-order valence-corrected chi connectivity index (χ1v) is 14.1. The Kier molecular flexibility index (Phi) is 10.6. The van der Waals surface area contributed by atoms with Crippen molar-refractivity contribution in [2.75, 3.05) is 33.4 Å². The summed E-state index contributed by atoms with van der Waals surface area (Å²) >= 11 is 0. The van der Waals surface area contributed by atoms with E-state index >= 15 is 0 Å².